The Hall–Kier alpha value is -2.25. The summed E-state index contributed by atoms with van der Waals surface area (Å²) in [7, 11) is 1.98. The van der Waals surface area contributed by atoms with E-state index in [0.29, 0.717) is 25.5 Å². The zero-order valence-electron chi connectivity index (χ0n) is 15.0. The van der Waals surface area contributed by atoms with E-state index < -0.39 is 0 Å². The molecule has 1 fully saturated rings. The van der Waals surface area contributed by atoms with Crippen molar-refractivity contribution in [3.05, 3.63) is 47.5 Å². The number of nitrogens with zero attached hydrogens (tertiary/aromatic N) is 4. The number of morpholine rings is 1. The number of aryl methyl sites for hydroxylation is 1. The number of nitrogens with one attached hydrogen (secondary N) is 1. The second-order valence-electron chi connectivity index (χ2n) is 6.31. The molecule has 0 saturated carbocycles. The number of benzene rings is 1. The highest BCUT2D eigenvalue weighted by Crippen LogP contribution is 2.26. The van der Waals surface area contributed by atoms with Crippen LogP contribution in [0, 0.1) is 6.92 Å². The maximum atomic E-state index is 13.3. The van der Waals surface area contributed by atoms with Crippen LogP contribution in [-0.4, -0.2) is 64.2 Å². The van der Waals surface area contributed by atoms with Crippen molar-refractivity contribution < 1.29 is 9.53 Å². The number of aromatic amines is 1. The van der Waals surface area contributed by atoms with E-state index in [1.165, 1.54) is 0 Å². The molecule has 1 aliphatic rings. The molecule has 3 rings (SSSR count). The molecule has 1 aromatic carbocycles. The highest BCUT2D eigenvalue weighted by molar-refractivity contribution is 5.83. The number of carbonyl (C=O) groups is 1. The van der Waals surface area contributed by atoms with Gasteiger partial charge < -0.3 is 9.64 Å². The van der Waals surface area contributed by atoms with Crippen molar-refractivity contribution in [1.82, 2.24) is 25.0 Å². The molecule has 25 heavy (non-hydrogen) atoms. The average Bonchev–Trinajstić information content (AvgIpc) is 3.09. The molecule has 1 aliphatic heterocycles. The van der Waals surface area contributed by atoms with Gasteiger partial charge in [-0.3, -0.25) is 14.8 Å². The van der Waals surface area contributed by atoms with Gasteiger partial charge in [0, 0.05) is 6.54 Å². The highest BCUT2D eigenvalue weighted by Gasteiger charge is 2.33. The summed E-state index contributed by atoms with van der Waals surface area (Å²) >= 11 is 0. The van der Waals surface area contributed by atoms with Crippen LogP contribution in [-0.2, 0) is 9.53 Å². The SMILES string of the molecule is CCN(C)[C@@H](C(=O)N1CCO[C@@H](c2n[nH]c(C)n2)C1)c1ccccc1. The fourth-order valence-corrected chi connectivity index (χ4v) is 3.09. The van der Waals surface area contributed by atoms with Crippen molar-refractivity contribution in [3.8, 4) is 0 Å². The van der Waals surface area contributed by atoms with Crippen molar-refractivity contribution in [2.75, 3.05) is 33.3 Å². The summed E-state index contributed by atoms with van der Waals surface area (Å²) < 4.78 is 5.78. The molecular weight excluding hydrogens is 318 g/mol. The topological polar surface area (TPSA) is 74.3 Å². The monoisotopic (exact) mass is 343 g/mol. The van der Waals surface area contributed by atoms with Crippen LogP contribution >= 0.6 is 0 Å². The molecule has 2 atom stereocenters. The largest absolute Gasteiger partial charge is 0.366 e. The van der Waals surface area contributed by atoms with Gasteiger partial charge >= 0.3 is 0 Å². The number of carbonyl (C=O) groups excluding carboxylic acids is 1. The van der Waals surface area contributed by atoms with Crippen molar-refractivity contribution >= 4 is 5.91 Å². The van der Waals surface area contributed by atoms with Crippen LogP contribution in [0.4, 0.5) is 0 Å². The molecule has 0 spiro atoms. The fraction of sp³-hybridized carbons (Fsp3) is 0.500. The van der Waals surface area contributed by atoms with Crippen LogP contribution in [0.5, 0.6) is 0 Å². The van der Waals surface area contributed by atoms with Gasteiger partial charge in [-0.25, -0.2) is 4.98 Å². The van der Waals surface area contributed by atoms with Crippen LogP contribution in [0.15, 0.2) is 30.3 Å². The normalized spacial score (nSPS) is 19.2. The predicted molar refractivity (Wildman–Crippen MR) is 93.9 cm³/mol. The standard InChI is InChI=1S/C18H25N5O2/c1-4-22(3)16(14-8-6-5-7-9-14)18(24)23-10-11-25-15(12-23)17-19-13(2)20-21-17/h5-9,15-16H,4,10-12H2,1-3H3,(H,19,20,21)/t15-,16-/m1/s1. The first kappa shape index (κ1) is 17.6. The number of rotatable bonds is 5. The van der Waals surface area contributed by atoms with Crippen molar-refractivity contribution in [2.24, 2.45) is 0 Å². The Morgan fingerprint density at radius 2 is 2.20 bits per heavy atom. The minimum atomic E-state index is -0.293. The number of hydrogen-bond donors (Lipinski definition) is 1. The van der Waals surface area contributed by atoms with Crippen molar-refractivity contribution in [3.63, 3.8) is 0 Å². The Morgan fingerprint density at radius 1 is 1.44 bits per heavy atom. The first-order valence-electron chi connectivity index (χ1n) is 8.64. The molecule has 1 aromatic heterocycles. The van der Waals surface area contributed by atoms with Gasteiger partial charge in [0.1, 0.15) is 18.0 Å². The van der Waals surface area contributed by atoms with Gasteiger partial charge in [-0.2, -0.15) is 5.10 Å². The van der Waals surface area contributed by atoms with Crippen LogP contribution in [0.3, 0.4) is 0 Å². The smallest absolute Gasteiger partial charge is 0.244 e. The summed E-state index contributed by atoms with van der Waals surface area (Å²) in [5.74, 6) is 1.45. The van der Waals surface area contributed by atoms with Gasteiger partial charge in [0.15, 0.2) is 5.82 Å². The van der Waals surface area contributed by atoms with E-state index >= 15 is 0 Å². The van der Waals surface area contributed by atoms with E-state index in [2.05, 4.69) is 27.0 Å². The van der Waals surface area contributed by atoms with E-state index in [9.17, 15) is 4.79 Å². The Kier molecular flexibility index (Phi) is 5.45. The second kappa shape index (κ2) is 7.76. The molecule has 134 valence electrons. The Morgan fingerprint density at radius 3 is 2.84 bits per heavy atom. The number of aromatic nitrogens is 3. The summed E-state index contributed by atoms with van der Waals surface area (Å²) in [5.41, 5.74) is 1.01. The van der Waals surface area contributed by atoms with E-state index in [1.54, 1.807) is 0 Å². The first-order chi connectivity index (χ1) is 12.1. The van der Waals surface area contributed by atoms with Crippen LogP contribution in [0.25, 0.3) is 0 Å². The molecule has 0 radical (unpaired) electrons. The summed E-state index contributed by atoms with van der Waals surface area (Å²) in [6.07, 6.45) is -0.286. The lowest BCUT2D eigenvalue weighted by Gasteiger charge is -2.36. The molecule has 0 unspecified atom stereocenters. The number of hydrogen-bond acceptors (Lipinski definition) is 5. The van der Waals surface area contributed by atoms with Gasteiger partial charge in [0.2, 0.25) is 5.91 Å². The number of ether oxygens (including phenoxy) is 1. The predicted octanol–water partition coefficient (Wildman–Crippen LogP) is 1.71. The summed E-state index contributed by atoms with van der Waals surface area (Å²) in [6, 6.07) is 9.62. The minimum absolute atomic E-state index is 0.0936. The first-order valence-corrected chi connectivity index (χ1v) is 8.64. The minimum Gasteiger partial charge on any atom is -0.366 e. The molecular formula is C18H25N5O2. The lowest BCUT2D eigenvalue weighted by atomic mass is 10.0. The van der Waals surface area contributed by atoms with E-state index in [4.69, 9.17) is 4.74 Å². The zero-order valence-corrected chi connectivity index (χ0v) is 15.0. The molecule has 1 saturated heterocycles. The van der Waals surface area contributed by atoms with Gasteiger partial charge in [-0.05, 0) is 26.1 Å². The summed E-state index contributed by atoms with van der Waals surface area (Å²) in [6.45, 7) is 6.24. The Balaban J connectivity index is 1.79. The van der Waals surface area contributed by atoms with Crippen LogP contribution < -0.4 is 0 Å². The molecule has 7 heteroatoms. The third kappa shape index (κ3) is 3.88. The lowest BCUT2D eigenvalue weighted by molar-refractivity contribution is -0.144. The fourth-order valence-electron chi connectivity index (χ4n) is 3.09. The van der Waals surface area contributed by atoms with E-state index in [0.717, 1.165) is 17.9 Å². The quantitative estimate of drug-likeness (QED) is 0.894. The zero-order chi connectivity index (χ0) is 17.8. The molecule has 0 bridgehead atoms. The van der Waals surface area contributed by atoms with Crippen molar-refractivity contribution in [1.29, 1.82) is 0 Å². The summed E-state index contributed by atoms with van der Waals surface area (Å²) in [4.78, 5) is 21.5. The van der Waals surface area contributed by atoms with E-state index in [1.807, 2.05) is 49.2 Å². The Labute approximate surface area is 148 Å². The number of amides is 1. The van der Waals surface area contributed by atoms with Gasteiger partial charge in [0.25, 0.3) is 0 Å². The lowest BCUT2D eigenvalue weighted by Crippen LogP contribution is -2.47. The van der Waals surface area contributed by atoms with Gasteiger partial charge in [-0.15, -0.1) is 0 Å². The molecule has 1 amide bonds. The molecule has 2 aromatic rings. The molecule has 2 heterocycles. The average molecular weight is 343 g/mol. The number of H-pyrrole nitrogens is 1. The Bertz CT molecular complexity index is 703. The van der Waals surface area contributed by atoms with Crippen LogP contribution in [0.1, 0.15) is 36.3 Å². The van der Waals surface area contributed by atoms with Gasteiger partial charge in [0.05, 0.1) is 13.2 Å². The summed E-state index contributed by atoms with van der Waals surface area (Å²) in [5, 5.41) is 7.01. The molecule has 7 nitrogen and oxygen atoms in total. The maximum absolute atomic E-state index is 13.3. The third-order valence-corrected chi connectivity index (χ3v) is 4.57. The molecule has 1 N–H and O–H groups in total. The van der Waals surface area contributed by atoms with Crippen LogP contribution in [0.2, 0.25) is 0 Å². The third-order valence-electron chi connectivity index (χ3n) is 4.57. The molecule has 0 aliphatic carbocycles. The maximum Gasteiger partial charge on any atom is 0.244 e. The van der Waals surface area contributed by atoms with Gasteiger partial charge in [-0.1, -0.05) is 37.3 Å². The second-order valence-corrected chi connectivity index (χ2v) is 6.31. The van der Waals surface area contributed by atoms with Crippen molar-refractivity contribution in [2.45, 2.75) is 26.0 Å². The number of likely N-dealkylation sites (N-methyl/N-ethyl adjacent to an activating group) is 1. The van der Waals surface area contributed by atoms with E-state index in [-0.39, 0.29) is 18.1 Å². The highest BCUT2D eigenvalue weighted by atomic mass is 16.5.